The van der Waals surface area contributed by atoms with E-state index in [1.165, 1.54) is 0 Å². The number of hydrogen-bond donors (Lipinski definition) is 1. The summed E-state index contributed by atoms with van der Waals surface area (Å²) in [5.41, 5.74) is 4.85. The lowest BCUT2D eigenvalue weighted by atomic mass is 10.1. The molecule has 4 rings (SSSR count). The van der Waals surface area contributed by atoms with Crippen LogP contribution in [0.1, 0.15) is 18.1 Å². The van der Waals surface area contributed by atoms with Crippen LogP contribution in [0.25, 0.3) is 11.3 Å². The van der Waals surface area contributed by atoms with Gasteiger partial charge in [-0.15, -0.1) is 0 Å². The van der Waals surface area contributed by atoms with Gasteiger partial charge in [0.05, 0.1) is 5.69 Å². The van der Waals surface area contributed by atoms with Crippen LogP contribution in [0.3, 0.4) is 0 Å². The highest BCUT2D eigenvalue weighted by Gasteiger charge is 2.18. The maximum absolute atomic E-state index is 12.6. The van der Waals surface area contributed by atoms with Gasteiger partial charge >= 0.3 is 0 Å². The molecule has 0 saturated heterocycles. The second kappa shape index (κ2) is 7.72. The maximum atomic E-state index is 12.6. The van der Waals surface area contributed by atoms with Gasteiger partial charge in [0.25, 0.3) is 5.91 Å². The van der Waals surface area contributed by atoms with Crippen molar-refractivity contribution in [1.82, 2.24) is 9.55 Å². The Hall–Kier alpha value is -2.73. The number of thioether (sulfide) groups is 1. The summed E-state index contributed by atoms with van der Waals surface area (Å²) in [7, 11) is 0. The molecule has 2 aromatic carbocycles. The Bertz CT molecular complexity index is 1010. The van der Waals surface area contributed by atoms with E-state index < -0.39 is 6.10 Å². The van der Waals surface area contributed by atoms with Gasteiger partial charge in [-0.1, -0.05) is 36.0 Å². The monoisotopic (exact) mass is 393 g/mol. The van der Waals surface area contributed by atoms with E-state index in [-0.39, 0.29) is 5.91 Å². The maximum Gasteiger partial charge on any atom is 0.265 e. The Kier molecular flexibility index (Phi) is 5.13. The highest BCUT2D eigenvalue weighted by Crippen LogP contribution is 2.30. The molecule has 144 valence electrons. The summed E-state index contributed by atoms with van der Waals surface area (Å²) >= 11 is 1.77. The molecule has 1 aliphatic rings. The fraction of sp³-hybridized carbons (Fsp3) is 0.273. The molecule has 0 bridgehead atoms. The normalized spacial score (nSPS) is 13.8. The van der Waals surface area contributed by atoms with Crippen molar-refractivity contribution < 1.29 is 9.53 Å². The fourth-order valence-electron chi connectivity index (χ4n) is 3.14. The van der Waals surface area contributed by atoms with E-state index in [2.05, 4.69) is 21.1 Å². The third-order valence-electron chi connectivity index (χ3n) is 4.96. The van der Waals surface area contributed by atoms with Gasteiger partial charge in [0.15, 0.2) is 11.3 Å². The SMILES string of the molecule is Cc1cccc(OC(C)C(=O)Nc2cccc(-c3cn4c(n3)SCC4)c2)c1C. The Labute approximate surface area is 169 Å². The molecule has 1 unspecified atom stereocenters. The predicted molar refractivity (Wildman–Crippen MR) is 113 cm³/mol. The first-order valence-corrected chi connectivity index (χ1v) is 10.3. The predicted octanol–water partition coefficient (Wildman–Crippen LogP) is 4.68. The molecule has 2 heterocycles. The van der Waals surface area contributed by atoms with E-state index in [4.69, 9.17) is 4.74 Å². The van der Waals surface area contributed by atoms with Gasteiger partial charge in [0.2, 0.25) is 0 Å². The van der Waals surface area contributed by atoms with Crippen LogP contribution in [0.4, 0.5) is 5.69 Å². The molecule has 1 aromatic heterocycles. The van der Waals surface area contributed by atoms with Gasteiger partial charge < -0.3 is 14.6 Å². The van der Waals surface area contributed by atoms with Crippen LogP contribution in [0.15, 0.2) is 53.8 Å². The second-order valence-corrected chi connectivity index (χ2v) is 8.04. The van der Waals surface area contributed by atoms with E-state index in [9.17, 15) is 4.79 Å². The molecular formula is C22H23N3O2S. The van der Waals surface area contributed by atoms with Crippen molar-refractivity contribution >= 4 is 23.4 Å². The molecule has 1 aliphatic heterocycles. The average molecular weight is 394 g/mol. The number of amides is 1. The lowest BCUT2D eigenvalue weighted by Gasteiger charge is -2.17. The minimum absolute atomic E-state index is 0.180. The summed E-state index contributed by atoms with van der Waals surface area (Å²) in [5, 5.41) is 4.01. The van der Waals surface area contributed by atoms with E-state index in [0.29, 0.717) is 0 Å². The van der Waals surface area contributed by atoms with Gasteiger partial charge in [-0.3, -0.25) is 4.79 Å². The number of anilines is 1. The third kappa shape index (κ3) is 3.78. The Balaban J connectivity index is 1.46. The standard InChI is InChI=1S/C22H23N3O2S/c1-14-6-4-9-20(15(14)2)27-16(3)21(26)23-18-8-5-7-17(12-18)19-13-25-10-11-28-22(25)24-19/h4-9,12-13,16H,10-11H2,1-3H3,(H,23,26). The zero-order valence-corrected chi connectivity index (χ0v) is 17.0. The van der Waals surface area contributed by atoms with Crippen LogP contribution in [0.2, 0.25) is 0 Å². The first-order valence-electron chi connectivity index (χ1n) is 9.35. The van der Waals surface area contributed by atoms with Gasteiger partial charge in [0.1, 0.15) is 5.75 Å². The number of nitrogens with one attached hydrogen (secondary N) is 1. The molecule has 0 fully saturated rings. The number of nitrogens with zero attached hydrogens (tertiary/aromatic N) is 2. The van der Waals surface area contributed by atoms with Crippen LogP contribution < -0.4 is 10.1 Å². The van der Waals surface area contributed by atoms with E-state index in [0.717, 1.165) is 51.3 Å². The summed E-state index contributed by atoms with van der Waals surface area (Å²) < 4.78 is 8.06. The van der Waals surface area contributed by atoms with Crippen molar-refractivity contribution in [2.45, 2.75) is 38.6 Å². The van der Waals surface area contributed by atoms with Crippen molar-refractivity contribution in [3.8, 4) is 17.0 Å². The number of fused-ring (bicyclic) bond motifs is 1. The summed E-state index contributed by atoms with van der Waals surface area (Å²) in [5.74, 6) is 1.64. The molecule has 1 atom stereocenters. The highest BCUT2D eigenvalue weighted by molar-refractivity contribution is 7.99. The smallest absolute Gasteiger partial charge is 0.265 e. The van der Waals surface area contributed by atoms with Crippen molar-refractivity contribution in [1.29, 1.82) is 0 Å². The number of benzene rings is 2. The van der Waals surface area contributed by atoms with Gasteiger partial charge in [-0.25, -0.2) is 4.98 Å². The van der Waals surface area contributed by atoms with E-state index >= 15 is 0 Å². The Morgan fingerprint density at radius 1 is 1.25 bits per heavy atom. The number of aryl methyl sites for hydroxylation is 2. The van der Waals surface area contributed by atoms with Gasteiger partial charge in [-0.05, 0) is 50.1 Å². The minimum atomic E-state index is -0.600. The molecule has 1 N–H and O–H groups in total. The Morgan fingerprint density at radius 2 is 2.07 bits per heavy atom. The molecule has 3 aromatic rings. The average Bonchev–Trinajstić information content (AvgIpc) is 3.28. The number of ether oxygens (including phenoxy) is 1. The molecule has 0 aliphatic carbocycles. The zero-order valence-electron chi connectivity index (χ0n) is 16.2. The third-order valence-corrected chi connectivity index (χ3v) is 5.93. The van der Waals surface area contributed by atoms with Gasteiger partial charge in [-0.2, -0.15) is 0 Å². The summed E-state index contributed by atoms with van der Waals surface area (Å²) in [4.78, 5) is 17.3. The molecular weight excluding hydrogens is 370 g/mol. The molecule has 0 radical (unpaired) electrons. The van der Waals surface area contributed by atoms with Gasteiger partial charge in [0, 0.05) is 29.7 Å². The van der Waals surface area contributed by atoms with Crippen LogP contribution in [0, 0.1) is 13.8 Å². The number of rotatable bonds is 5. The van der Waals surface area contributed by atoms with E-state index in [1.54, 1.807) is 18.7 Å². The topological polar surface area (TPSA) is 56.1 Å². The molecule has 6 heteroatoms. The highest BCUT2D eigenvalue weighted by atomic mass is 32.2. The van der Waals surface area contributed by atoms with E-state index in [1.807, 2.05) is 56.3 Å². The Morgan fingerprint density at radius 3 is 2.89 bits per heavy atom. The van der Waals surface area contributed by atoms with Crippen molar-refractivity contribution in [3.05, 3.63) is 59.8 Å². The molecule has 1 amide bonds. The fourth-order valence-corrected chi connectivity index (χ4v) is 4.09. The number of imidazole rings is 1. The van der Waals surface area contributed by atoms with Crippen LogP contribution in [-0.4, -0.2) is 27.3 Å². The number of aromatic nitrogens is 2. The lowest BCUT2D eigenvalue weighted by Crippen LogP contribution is -2.30. The zero-order chi connectivity index (χ0) is 19.7. The van der Waals surface area contributed by atoms with Crippen molar-refractivity contribution in [3.63, 3.8) is 0 Å². The number of carbonyl (C=O) groups is 1. The summed E-state index contributed by atoms with van der Waals surface area (Å²) in [6.07, 6.45) is 1.47. The second-order valence-electron chi connectivity index (χ2n) is 6.98. The first kappa shape index (κ1) is 18.6. The minimum Gasteiger partial charge on any atom is -0.481 e. The summed E-state index contributed by atoms with van der Waals surface area (Å²) in [6, 6.07) is 13.6. The lowest BCUT2D eigenvalue weighted by molar-refractivity contribution is -0.122. The molecule has 28 heavy (non-hydrogen) atoms. The largest absolute Gasteiger partial charge is 0.481 e. The number of hydrogen-bond acceptors (Lipinski definition) is 4. The first-order chi connectivity index (χ1) is 13.5. The van der Waals surface area contributed by atoms with Crippen molar-refractivity contribution in [2.24, 2.45) is 0 Å². The molecule has 0 saturated carbocycles. The quantitative estimate of drug-likeness (QED) is 0.684. The molecule has 5 nitrogen and oxygen atoms in total. The van der Waals surface area contributed by atoms with Crippen LogP contribution in [0.5, 0.6) is 5.75 Å². The molecule has 0 spiro atoms. The van der Waals surface area contributed by atoms with Crippen LogP contribution in [-0.2, 0) is 11.3 Å². The summed E-state index contributed by atoms with van der Waals surface area (Å²) in [6.45, 7) is 6.79. The number of carbonyl (C=O) groups excluding carboxylic acids is 1. The van der Waals surface area contributed by atoms with Crippen LogP contribution >= 0.6 is 11.8 Å². The van der Waals surface area contributed by atoms with Crippen molar-refractivity contribution in [2.75, 3.05) is 11.1 Å².